The van der Waals surface area contributed by atoms with E-state index in [1.807, 2.05) is 29.6 Å². The van der Waals surface area contributed by atoms with Crippen molar-refractivity contribution < 1.29 is 4.74 Å². The first kappa shape index (κ1) is 23.3. The number of hydrogen-bond acceptors (Lipinski definition) is 6. The summed E-state index contributed by atoms with van der Waals surface area (Å²) in [6.07, 6.45) is 5.39. The molecule has 2 heterocycles. The number of nitrogen functional groups attached to an aromatic ring is 1. The van der Waals surface area contributed by atoms with Crippen LogP contribution < -0.4 is 21.1 Å². The van der Waals surface area contributed by atoms with Gasteiger partial charge in [-0.1, -0.05) is 51.8 Å². The number of rotatable bonds is 9. The fourth-order valence-corrected chi connectivity index (χ4v) is 5.01. The Bertz CT molecular complexity index is 1080. The number of nitrogens with zero attached hydrogens (tertiary/aromatic N) is 1. The molecule has 1 aromatic heterocycles. The van der Waals surface area contributed by atoms with Crippen molar-refractivity contribution in [3.63, 3.8) is 0 Å². The molecule has 1 aliphatic rings. The number of hydrogen-bond donors (Lipinski definition) is 3. The van der Waals surface area contributed by atoms with Gasteiger partial charge in [-0.05, 0) is 72.9 Å². The van der Waals surface area contributed by atoms with Gasteiger partial charge in [-0.15, -0.1) is 11.3 Å². The Kier molecular flexibility index (Phi) is 8.21. The Balaban J connectivity index is 1.49. The molecular formula is C24H26BrClN4OS. The first-order valence-corrected chi connectivity index (χ1v) is 12.6. The number of anilines is 1. The van der Waals surface area contributed by atoms with Crippen LogP contribution in [-0.4, -0.2) is 24.6 Å². The molecule has 2 aromatic carbocycles. The second kappa shape index (κ2) is 11.3. The zero-order chi connectivity index (χ0) is 22.3. The van der Waals surface area contributed by atoms with Crippen LogP contribution in [0.25, 0.3) is 12.2 Å². The van der Waals surface area contributed by atoms with Crippen LogP contribution in [0.5, 0.6) is 5.75 Å². The van der Waals surface area contributed by atoms with Gasteiger partial charge >= 0.3 is 0 Å². The summed E-state index contributed by atoms with van der Waals surface area (Å²) in [4.78, 5) is 4.28. The molecule has 0 radical (unpaired) electrons. The van der Waals surface area contributed by atoms with E-state index in [0.717, 1.165) is 53.2 Å². The number of nitrogens with two attached hydrogens (primary N) is 1. The number of halogens is 2. The summed E-state index contributed by atoms with van der Waals surface area (Å²) in [5.41, 5.74) is 9.89. The molecule has 8 heteroatoms. The molecule has 0 spiro atoms. The molecule has 4 N–H and O–H groups in total. The minimum absolute atomic E-state index is 0.393. The van der Waals surface area contributed by atoms with E-state index < -0.39 is 0 Å². The summed E-state index contributed by atoms with van der Waals surface area (Å²) >= 11 is 11.1. The summed E-state index contributed by atoms with van der Waals surface area (Å²) in [6, 6.07) is 12.1. The number of ether oxygens (including phenoxy) is 1. The van der Waals surface area contributed by atoms with Crippen LogP contribution in [0.2, 0.25) is 5.02 Å². The maximum Gasteiger partial charge on any atom is 0.180 e. The lowest BCUT2D eigenvalue weighted by molar-refractivity contribution is 0.302. The van der Waals surface area contributed by atoms with Crippen LogP contribution in [-0.2, 0) is 13.2 Å². The van der Waals surface area contributed by atoms with Crippen LogP contribution in [0.4, 0.5) is 5.13 Å². The normalized spacial score (nSPS) is 16.1. The van der Waals surface area contributed by atoms with E-state index >= 15 is 0 Å². The Morgan fingerprint density at radius 1 is 1.28 bits per heavy atom. The highest BCUT2D eigenvalue weighted by molar-refractivity contribution is 9.10. The second-order valence-corrected chi connectivity index (χ2v) is 10.0. The quantitative estimate of drug-likeness (QED) is 0.313. The lowest BCUT2D eigenvalue weighted by Crippen LogP contribution is -2.24. The van der Waals surface area contributed by atoms with Gasteiger partial charge in [-0.3, -0.25) is 0 Å². The second-order valence-electron chi connectivity index (χ2n) is 7.86. The van der Waals surface area contributed by atoms with E-state index in [2.05, 4.69) is 55.8 Å². The molecule has 1 unspecified atom stereocenters. The van der Waals surface area contributed by atoms with E-state index in [1.165, 1.54) is 23.3 Å². The molecule has 1 atom stereocenters. The van der Waals surface area contributed by atoms with Crippen LogP contribution in [0, 0.1) is 5.92 Å². The van der Waals surface area contributed by atoms with Gasteiger partial charge in [0, 0.05) is 21.4 Å². The van der Waals surface area contributed by atoms with E-state index in [-0.39, 0.29) is 0 Å². The predicted molar refractivity (Wildman–Crippen MR) is 138 cm³/mol. The number of thiazole rings is 1. The third kappa shape index (κ3) is 6.80. The molecule has 0 bridgehead atoms. The Labute approximate surface area is 206 Å². The Morgan fingerprint density at radius 2 is 2.19 bits per heavy atom. The average molecular weight is 534 g/mol. The lowest BCUT2D eigenvalue weighted by atomic mass is 10.1. The smallest absolute Gasteiger partial charge is 0.180 e. The zero-order valence-corrected chi connectivity index (χ0v) is 20.8. The zero-order valence-electron chi connectivity index (χ0n) is 17.6. The van der Waals surface area contributed by atoms with Gasteiger partial charge in [0.25, 0.3) is 0 Å². The van der Waals surface area contributed by atoms with Crippen molar-refractivity contribution in [2.75, 3.05) is 25.4 Å². The maximum atomic E-state index is 6.06. The van der Waals surface area contributed by atoms with Gasteiger partial charge < -0.3 is 21.1 Å². The highest BCUT2D eigenvalue weighted by atomic mass is 79.9. The van der Waals surface area contributed by atoms with E-state index in [1.54, 1.807) is 0 Å². The minimum atomic E-state index is 0.393. The fraction of sp³-hybridized carbons (Fsp3) is 0.292. The highest BCUT2D eigenvalue weighted by Gasteiger charge is 2.13. The molecule has 4 rings (SSSR count). The number of nitrogens with one attached hydrogen (secondary N) is 2. The third-order valence-electron chi connectivity index (χ3n) is 5.29. The molecule has 168 valence electrons. The molecule has 5 nitrogen and oxygen atoms in total. The maximum absolute atomic E-state index is 6.06. The third-order valence-corrected chi connectivity index (χ3v) is 6.93. The van der Waals surface area contributed by atoms with E-state index in [0.29, 0.717) is 22.7 Å². The standard InChI is InChI=1S/C24H26BrClN4OS/c25-23-10-20(26)4-3-19(23)2-1-16-7-18(13-29-12-17-5-6-28-11-17)9-22(8-16)31-14-21-15-32-24(27)30-21/h1-4,7-10,15,17,28-29H,5-6,11-14H2,(H2,27,30)/b2-1+. The van der Waals surface area contributed by atoms with Gasteiger partial charge in [0.15, 0.2) is 5.13 Å². The first-order chi connectivity index (χ1) is 15.5. The van der Waals surface area contributed by atoms with Crippen molar-refractivity contribution in [2.24, 2.45) is 5.92 Å². The van der Waals surface area contributed by atoms with Crippen LogP contribution >= 0.6 is 38.9 Å². The Hall–Kier alpha value is -1.90. The van der Waals surface area contributed by atoms with Crippen molar-refractivity contribution >= 4 is 56.2 Å². The van der Waals surface area contributed by atoms with Gasteiger partial charge in [-0.2, -0.15) is 0 Å². The lowest BCUT2D eigenvalue weighted by Gasteiger charge is -2.12. The summed E-state index contributed by atoms with van der Waals surface area (Å²) in [6.45, 7) is 4.41. The largest absolute Gasteiger partial charge is 0.487 e. The number of aromatic nitrogens is 1. The van der Waals surface area contributed by atoms with Gasteiger partial charge in [0.1, 0.15) is 12.4 Å². The van der Waals surface area contributed by atoms with Crippen LogP contribution in [0.3, 0.4) is 0 Å². The van der Waals surface area contributed by atoms with Crippen molar-refractivity contribution in [3.8, 4) is 5.75 Å². The van der Waals surface area contributed by atoms with Crippen molar-refractivity contribution in [1.82, 2.24) is 15.6 Å². The van der Waals surface area contributed by atoms with Crippen molar-refractivity contribution in [2.45, 2.75) is 19.6 Å². The first-order valence-electron chi connectivity index (χ1n) is 10.6. The van der Waals surface area contributed by atoms with E-state index in [4.69, 9.17) is 22.1 Å². The van der Waals surface area contributed by atoms with Crippen molar-refractivity contribution in [1.29, 1.82) is 0 Å². The molecule has 32 heavy (non-hydrogen) atoms. The predicted octanol–water partition coefficient (Wildman–Crippen LogP) is 5.59. The molecule has 3 aromatic rings. The summed E-state index contributed by atoms with van der Waals surface area (Å²) in [7, 11) is 0. The summed E-state index contributed by atoms with van der Waals surface area (Å²) < 4.78 is 7.01. The molecule has 1 saturated heterocycles. The molecular weight excluding hydrogens is 508 g/mol. The van der Waals surface area contributed by atoms with Gasteiger partial charge in [0.2, 0.25) is 0 Å². The molecule has 0 saturated carbocycles. The van der Waals surface area contributed by atoms with Gasteiger partial charge in [0.05, 0.1) is 5.69 Å². The Morgan fingerprint density at radius 3 is 2.94 bits per heavy atom. The van der Waals surface area contributed by atoms with Crippen LogP contribution in [0.1, 0.15) is 28.8 Å². The fourth-order valence-electron chi connectivity index (χ4n) is 3.65. The average Bonchev–Trinajstić information content (AvgIpc) is 3.43. The number of benzene rings is 2. The minimum Gasteiger partial charge on any atom is -0.487 e. The topological polar surface area (TPSA) is 72.2 Å². The monoisotopic (exact) mass is 532 g/mol. The van der Waals surface area contributed by atoms with Crippen molar-refractivity contribution in [3.05, 3.63) is 73.7 Å². The molecule has 1 aliphatic heterocycles. The molecule has 0 amide bonds. The highest BCUT2D eigenvalue weighted by Crippen LogP contribution is 2.25. The SMILES string of the molecule is Nc1nc(COc2cc(/C=C/c3ccc(Cl)cc3Br)cc(CNCC3CCNC3)c2)cs1. The summed E-state index contributed by atoms with van der Waals surface area (Å²) in [5, 5.41) is 10.2. The molecule has 1 fully saturated rings. The van der Waals surface area contributed by atoms with Crippen LogP contribution in [0.15, 0.2) is 46.3 Å². The summed E-state index contributed by atoms with van der Waals surface area (Å²) in [5.74, 6) is 1.51. The molecule has 0 aliphatic carbocycles. The van der Waals surface area contributed by atoms with Gasteiger partial charge in [-0.25, -0.2) is 4.98 Å². The van der Waals surface area contributed by atoms with E-state index in [9.17, 15) is 0 Å².